The Morgan fingerprint density at radius 2 is 1.65 bits per heavy atom. The quantitative estimate of drug-likeness (QED) is 0.907. The summed E-state index contributed by atoms with van der Waals surface area (Å²) in [7, 11) is 0. The summed E-state index contributed by atoms with van der Waals surface area (Å²) in [4.78, 5) is 4.37. The Morgan fingerprint density at radius 3 is 2.25 bits per heavy atom. The highest BCUT2D eigenvalue weighted by Gasteiger charge is 2.07. The van der Waals surface area contributed by atoms with Gasteiger partial charge in [-0.25, -0.2) is 0 Å². The Kier molecular flexibility index (Phi) is 4.45. The lowest BCUT2D eigenvalue weighted by Crippen LogP contribution is -2.05. The topological polar surface area (TPSA) is 57.4 Å². The average molecular weight is 272 g/mol. The molecule has 0 amide bonds. The Hall–Kier alpha value is -2.23. The number of hydrogen-bond donors (Lipinski definition) is 1. The molecule has 20 heavy (non-hydrogen) atoms. The van der Waals surface area contributed by atoms with Gasteiger partial charge >= 0.3 is 0 Å². The summed E-state index contributed by atoms with van der Waals surface area (Å²) in [5.74, 6) is 1.63. The minimum absolute atomic E-state index is 0.407. The molecule has 0 aliphatic rings. The van der Waals surface area contributed by atoms with E-state index in [0.29, 0.717) is 13.2 Å². The number of aryl methyl sites for hydroxylation is 1. The van der Waals surface area contributed by atoms with Gasteiger partial charge in [0.2, 0.25) is 0 Å². The fraction of sp³-hybridized carbons (Fsp3) is 0.312. The number of pyridine rings is 1. The zero-order valence-corrected chi connectivity index (χ0v) is 12.1. The third-order valence-electron chi connectivity index (χ3n) is 3.19. The first-order valence-corrected chi connectivity index (χ1v) is 6.68. The van der Waals surface area contributed by atoms with Gasteiger partial charge in [0.1, 0.15) is 18.1 Å². The molecular formula is C16H20N2O2. The van der Waals surface area contributed by atoms with Gasteiger partial charge in [0.25, 0.3) is 0 Å². The number of anilines is 1. The predicted octanol–water partition coefficient (Wildman–Crippen LogP) is 3.26. The Labute approximate surface area is 119 Å². The number of aromatic nitrogens is 1. The second-order valence-corrected chi connectivity index (χ2v) is 4.62. The Bertz CT molecular complexity index is 580. The van der Waals surface area contributed by atoms with Gasteiger partial charge in [-0.15, -0.1) is 0 Å². The van der Waals surface area contributed by atoms with Gasteiger partial charge in [-0.3, -0.25) is 4.98 Å². The molecule has 4 nitrogen and oxygen atoms in total. The van der Waals surface area contributed by atoms with E-state index < -0.39 is 0 Å². The molecule has 0 aliphatic heterocycles. The summed E-state index contributed by atoms with van der Waals surface area (Å²) in [6.45, 7) is 6.94. The maximum absolute atomic E-state index is 5.99. The van der Waals surface area contributed by atoms with Crippen LogP contribution in [0.15, 0.2) is 30.5 Å². The monoisotopic (exact) mass is 272 g/mol. The van der Waals surface area contributed by atoms with Crippen LogP contribution >= 0.6 is 0 Å². The second-order valence-electron chi connectivity index (χ2n) is 4.62. The van der Waals surface area contributed by atoms with Crippen molar-refractivity contribution in [2.24, 2.45) is 0 Å². The van der Waals surface area contributed by atoms with E-state index in [-0.39, 0.29) is 0 Å². The molecule has 4 heteroatoms. The average Bonchev–Trinajstić information content (AvgIpc) is 2.46. The number of rotatable bonds is 5. The van der Waals surface area contributed by atoms with Crippen LogP contribution in [0.25, 0.3) is 0 Å². The molecule has 2 N–H and O–H groups in total. The molecule has 106 valence electrons. The van der Waals surface area contributed by atoms with Crippen LogP contribution < -0.4 is 15.2 Å². The van der Waals surface area contributed by atoms with Crippen molar-refractivity contribution < 1.29 is 9.47 Å². The normalized spacial score (nSPS) is 10.3. The number of nitrogens with zero attached hydrogens (tertiary/aromatic N) is 1. The summed E-state index contributed by atoms with van der Waals surface area (Å²) in [6.07, 6.45) is 1.78. The summed E-state index contributed by atoms with van der Waals surface area (Å²) in [5, 5.41) is 0. The molecule has 1 aromatic heterocycles. The molecule has 0 saturated carbocycles. The van der Waals surface area contributed by atoms with Crippen molar-refractivity contribution in [2.75, 3.05) is 12.3 Å². The SMILES string of the molecule is CCOc1ccc(OCc2ncc(C)c(N)c2C)cc1. The number of hydrogen-bond acceptors (Lipinski definition) is 4. The van der Waals surface area contributed by atoms with Gasteiger partial charge < -0.3 is 15.2 Å². The van der Waals surface area contributed by atoms with Crippen LogP contribution in [0, 0.1) is 13.8 Å². The minimum Gasteiger partial charge on any atom is -0.494 e. The highest BCUT2D eigenvalue weighted by atomic mass is 16.5. The largest absolute Gasteiger partial charge is 0.494 e. The lowest BCUT2D eigenvalue weighted by Gasteiger charge is -2.11. The van der Waals surface area contributed by atoms with Crippen molar-refractivity contribution in [1.82, 2.24) is 4.98 Å². The maximum atomic E-state index is 5.99. The van der Waals surface area contributed by atoms with E-state index in [4.69, 9.17) is 15.2 Å². The Balaban J connectivity index is 2.03. The third-order valence-corrected chi connectivity index (χ3v) is 3.19. The van der Waals surface area contributed by atoms with E-state index in [9.17, 15) is 0 Å². The number of nitrogens with two attached hydrogens (primary N) is 1. The van der Waals surface area contributed by atoms with Gasteiger partial charge in [0, 0.05) is 11.9 Å². The lowest BCUT2D eigenvalue weighted by atomic mass is 10.1. The molecule has 0 spiro atoms. The first-order chi connectivity index (χ1) is 9.61. The molecule has 0 fully saturated rings. The van der Waals surface area contributed by atoms with Crippen molar-refractivity contribution in [2.45, 2.75) is 27.4 Å². The number of nitrogen functional groups attached to an aromatic ring is 1. The van der Waals surface area contributed by atoms with Crippen molar-refractivity contribution in [3.63, 3.8) is 0 Å². The summed E-state index contributed by atoms with van der Waals surface area (Å²) >= 11 is 0. The molecule has 0 saturated heterocycles. The number of benzene rings is 1. The minimum atomic E-state index is 0.407. The van der Waals surface area contributed by atoms with E-state index in [1.165, 1.54) is 0 Å². The fourth-order valence-corrected chi connectivity index (χ4v) is 1.89. The molecule has 0 unspecified atom stereocenters. The van der Waals surface area contributed by atoms with Crippen molar-refractivity contribution in [1.29, 1.82) is 0 Å². The molecule has 0 bridgehead atoms. The highest BCUT2D eigenvalue weighted by molar-refractivity contribution is 5.53. The molecule has 2 rings (SSSR count). The molecule has 0 radical (unpaired) electrons. The van der Waals surface area contributed by atoms with Crippen LogP contribution in [0.5, 0.6) is 11.5 Å². The van der Waals surface area contributed by atoms with Gasteiger partial charge in [-0.2, -0.15) is 0 Å². The molecule has 0 aliphatic carbocycles. The molecule has 1 aromatic carbocycles. The standard InChI is InChI=1S/C16H20N2O2/c1-4-19-13-5-7-14(8-6-13)20-10-15-12(3)16(17)11(2)9-18-15/h5-9H,4,10H2,1-3H3,(H2,17,18). The van der Waals surface area contributed by atoms with Gasteiger partial charge in [0.05, 0.1) is 12.3 Å². The summed E-state index contributed by atoms with van der Waals surface area (Å²) in [5.41, 5.74) is 9.61. The molecule has 0 atom stereocenters. The fourth-order valence-electron chi connectivity index (χ4n) is 1.89. The van der Waals surface area contributed by atoms with Gasteiger partial charge in [-0.1, -0.05) is 0 Å². The van der Waals surface area contributed by atoms with E-state index in [1.807, 2.05) is 45.0 Å². The smallest absolute Gasteiger partial charge is 0.131 e. The van der Waals surface area contributed by atoms with Gasteiger partial charge in [0.15, 0.2) is 0 Å². The van der Waals surface area contributed by atoms with E-state index in [0.717, 1.165) is 34.0 Å². The zero-order valence-electron chi connectivity index (χ0n) is 12.1. The van der Waals surface area contributed by atoms with Crippen LogP contribution in [0.4, 0.5) is 5.69 Å². The predicted molar refractivity (Wildman–Crippen MR) is 80.1 cm³/mol. The first-order valence-electron chi connectivity index (χ1n) is 6.68. The van der Waals surface area contributed by atoms with Crippen LogP contribution in [-0.2, 0) is 6.61 Å². The number of ether oxygens (including phenoxy) is 2. The van der Waals surface area contributed by atoms with Gasteiger partial charge in [-0.05, 0) is 56.2 Å². The Morgan fingerprint density at radius 1 is 1.05 bits per heavy atom. The van der Waals surface area contributed by atoms with Crippen molar-refractivity contribution in [3.8, 4) is 11.5 Å². The third kappa shape index (κ3) is 3.20. The van der Waals surface area contributed by atoms with E-state index in [2.05, 4.69) is 4.98 Å². The zero-order chi connectivity index (χ0) is 14.5. The highest BCUT2D eigenvalue weighted by Crippen LogP contribution is 2.21. The van der Waals surface area contributed by atoms with Crippen molar-refractivity contribution in [3.05, 3.63) is 47.3 Å². The van der Waals surface area contributed by atoms with Crippen LogP contribution in [0.3, 0.4) is 0 Å². The van der Waals surface area contributed by atoms with Crippen molar-refractivity contribution >= 4 is 5.69 Å². The van der Waals surface area contributed by atoms with Crippen LogP contribution in [0.1, 0.15) is 23.7 Å². The first kappa shape index (κ1) is 14.2. The molecule has 1 heterocycles. The molecular weight excluding hydrogens is 252 g/mol. The second kappa shape index (κ2) is 6.28. The summed E-state index contributed by atoms with van der Waals surface area (Å²) < 4.78 is 11.1. The molecule has 2 aromatic rings. The van der Waals surface area contributed by atoms with Crippen LogP contribution in [-0.4, -0.2) is 11.6 Å². The van der Waals surface area contributed by atoms with E-state index in [1.54, 1.807) is 6.20 Å². The summed E-state index contributed by atoms with van der Waals surface area (Å²) in [6, 6.07) is 7.56. The lowest BCUT2D eigenvalue weighted by molar-refractivity contribution is 0.298. The maximum Gasteiger partial charge on any atom is 0.131 e. The van der Waals surface area contributed by atoms with Crippen LogP contribution in [0.2, 0.25) is 0 Å². The van der Waals surface area contributed by atoms with E-state index >= 15 is 0 Å².